The van der Waals surface area contributed by atoms with Crippen LogP contribution in [-0.2, 0) is 13.6 Å². The SMILES string of the molecule is CN=c1c(Nc2ccc(-n3ccnc3)cc2)nccn1Cc1cnn(C)c1. The molecule has 0 aliphatic heterocycles. The average Bonchev–Trinajstić information content (AvgIpc) is 3.35. The summed E-state index contributed by atoms with van der Waals surface area (Å²) >= 11 is 0. The van der Waals surface area contributed by atoms with Crippen molar-refractivity contribution in [1.29, 1.82) is 0 Å². The number of imidazole rings is 1. The van der Waals surface area contributed by atoms with Gasteiger partial charge in [0.2, 0.25) is 0 Å². The molecule has 0 fully saturated rings. The molecule has 4 aromatic rings. The lowest BCUT2D eigenvalue weighted by molar-refractivity contribution is 0.727. The highest BCUT2D eigenvalue weighted by molar-refractivity contribution is 5.57. The van der Waals surface area contributed by atoms with Crippen LogP contribution in [0, 0.1) is 0 Å². The van der Waals surface area contributed by atoms with E-state index in [0.717, 1.165) is 22.4 Å². The third-order valence-electron chi connectivity index (χ3n) is 4.19. The molecule has 0 aliphatic carbocycles. The molecule has 0 saturated carbocycles. The van der Waals surface area contributed by atoms with E-state index >= 15 is 0 Å². The second kappa shape index (κ2) is 7.28. The van der Waals surface area contributed by atoms with Gasteiger partial charge in [-0.3, -0.25) is 9.67 Å². The van der Waals surface area contributed by atoms with Gasteiger partial charge in [0.25, 0.3) is 0 Å². The zero-order valence-electron chi connectivity index (χ0n) is 15.2. The monoisotopic (exact) mass is 360 g/mol. The van der Waals surface area contributed by atoms with Crippen LogP contribution in [0.25, 0.3) is 5.69 Å². The Labute approximate surface area is 156 Å². The van der Waals surface area contributed by atoms with Gasteiger partial charge in [0.05, 0.1) is 19.1 Å². The van der Waals surface area contributed by atoms with E-state index in [-0.39, 0.29) is 0 Å². The maximum absolute atomic E-state index is 4.46. The zero-order chi connectivity index (χ0) is 18.6. The highest BCUT2D eigenvalue weighted by Crippen LogP contribution is 2.15. The molecule has 0 amide bonds. The number of aryl methyl sites for hydroxylation is 1. The first-order valence-electron chi connectivity index (χ1n) is 8.54. The van der Waals surface area contributed by atoms with Crippen LogP contribution in [-0.4, -0.2) is 35.9 Å². The summed E-state index contributed by atoms with van der Waals surface area (Å²) in [6.07, 6.45) is 13.0. The Morgan fingerprint density at radius 3 is 2.63 bits per heavy atom. The molecular formula is C19H20N8. The normalized spacial score (nSPS) is 11.7. The number of aromatic nitrogens is 6. The van der Waals surface area contributed by atoms with E-state index in [1.807, 2.05) is 65.2 Å². The highest BCUT2D eigenvalue weighted by Gasteiger charge is 2.06. The Bertz CT molecular complexity index is 1090. The maximum atomic E-state index is 4.46. The number of anilines is 2. The Kier molecular flexibility index (Phi) is 4.52. The third kappa shape index (κ3) is 3.64. The van der Waals surface area contributed by atoms with Crippen LogP contribution in [0.3, 0.4) is 0 Å². The van der Waals surface area contributed by atoms with Gasteiger partial charge in [-0.1, -0.05) is 0 Å². The van der Waals surface area contributed by atoms with Crippen molar-refractivity contribution in [2.24, 2.45) is 12.0 Å². The van der Waals surface area contributed by atoms with E-state index in [0.29, 0.717) is 12.4 Å². The molecule has 3 aromatic heterocycles. The zero-order valence-corrected chi connectivity index (χ0v) is 15.2. The van der Waals surface area contributed by atoms with Gasteiger partial charge >= 0.3 is 0 Å². The van der Waals surface area contributed by atoms with Crippen LogP contribution >= 0.6 is 0 Å². The molecule has 0 unspecified atom stereocenters. The summed E-state index contributed by atoms with van der Waals surface area (Å²) in [6, 6.07) is 8.07. The minimum absolute atomic E-state index is 0.678. The first kappa shape index (κ1) is 16.8. The Morgan fingerprint density at radius 1 is 1.11 bits per heavy atom. The Hall–Kier alpha value is -3.68. The van der Waals surface area contributed by atoms with E-state index in [2.05, 4.69) is 25.4 Å². The lowest BCUT2D eigenvalue weighted by Crippen LogP contribution is -2.25. The molecule has 136 valence electrons. The molecule has 27 heavy (non-hydrogen) atoms. The molecule has 8 nitrogen and oxygen atoms in total. The van der Waals surface area contributed by atoms with Crippen molar-refractivity contribution >= 4 is 11.5 Å². The van der Waals surface area contributed by atoms with Gasteiger partial charge in [-0.05, 0) is 24.3 Å². The maximum Gasteiger partial charge on any atom is 0.173 e. The lowest BCUT2D eigenvalue weighted by atomic mass is 10.2. The fourth-order valence-electron chi connectivity index (χ4n) is 2.92. The number of hydrogen-bond acceptors (Lipinski definition) is 5. The molecule has 0 saturated heterocycles. The molecule has 1 N–H and O–H groups in total. The molecule has 0 bridgehead atoms. The second-order valence-electron chi connectivity index (χ2n) is 6.12. The minimum Gasteiger partial charge on any atom is -0.337 e. The summed E-state index contributed by atoms with van der Waals surface area (Å²) in [6.45, 7) is 0.678. The minimum atomic E-state index is 0.678. The quantitative estimate of drug-likeness (QED) is 0.591. The number of rotatable bonds is 5. The molecule has 0 radical (unpaired) electrons. The van der Waals surface area contributed by atoms with E-state index in [1.54, 1.807) is 30.5 Å². The van der Waals surface area contributed by atoms with Crippen LogP contribution in [0.15, 0.2) is 72.8 Å². The van der Waals surface area contributed by atoms with E-state index in [9.17, 15) is 0 Å². The topological polar surface area (TPSA) is 77.8 Å². The number of nitrogens with zero attached hydrogens (tertiary/aromatic N) is 7. The summed E-state index contributed by atoms with van der Waals surface area (Å²) in [5.74, 6) is 0.708. The fourth-order valence-corrected chi connectivity index (χ4v) is 2.92. The van der Waals surface area contributed by atoms with Crippen molar-refractivity contribution in [3.05, 3.63) is 78.8 Å². The van der Waals surface area contributed by atoms with Crippen LogP contribution < -0.4 is 10.8 Å². The number of benzene rings is 1. The van der Waals surface area contributed by atoms with Crippen molar-refractivity contribution < 1.29 is 0 Å². The third-order valence-corrected chi connectivity index (χ3v) is 4.19. The number of nitrogens with one attached hydrogen (secondary N) is 1. The first-order chi connectivity index (χ1) is 13.2. The summed E-state index contributed by atoms with van der Waals surface area (Å²) in [5.41, 5.74) is 3.87. The smallest absolute Gasteiger partial charge is 0.173 e. The standard InChI is InChI=1S/C19H20N8/c1-20-19-18(22-8-10-26(19)13-15-11-23-25(2)12-15)24-16-3-5-17(6-4-16)27-9-7-21-14-27/h3-12,14H,13H2,1-2H3,(H,22,24). The van der Waals surface area contributed by atoms with Crippen molar-refractivity contribution in [2.45, 2.75) is 6.54 Å². The predicted octanol–water partition coefficient (Wildman–Crippen LogP) is 2.12. The molecule has 0 aliphatic rings. The van der Waals surface area contributed by atoms with Crippen LogP contribution in [0.4, 0.5) is 11.5 Å². The Balaban J connectivity index is 1.59. The molecule has 0 atom stereocenters. The second-order valence-corrected chi connectivity index (χ2v) is 6.12. The van der Waals surface area contributed by atoms with Gasteiger partial charge in [-0.2, -0.15) is 5.10 Å². The fraction of sp³-hybridized carbons (Fsp3) is 0.158. The van der Waals surface area contributed by atoms with Gasteiger partial charge in [0.1, 0.15) is 0 Å². The van der Waals surface area contributed by atoms with Gasteiger partial charge in [-0.25, -0.2) is 9.97 Å². The first-order valence-corrected chi connectivity index (χ1v) is 8.54. The summed E-state index contributed by atoms with van der Waals surface area (Å²) < 4.78 is 5.80. The average molecular weight is 360 g/mol. The van der Waals surface area contributed by atoms with Crippen molar-refractivity contribution in [1.82, 2.24) is 28.9 Å². The van der Waals surface area contributed by atoms with Crippen molar-refractivity contribution in [2.75, 3.05) is 12.4 Å². The predicted molar refractivity (Wildman–Crippen MR) is 103 cm³/mol. The van der Waals surface area contributed by atoms with E-state index in [4.69, 9.17) is 0 Å². The van der Waals surface area contributed by atoms with Gasteiger partial charge in [-0.15, -0.1) is 0 Å². The highest BCUT2D eigenvalue weighted by atomic mass is 15.2. The van der Waals surface area contributed by atoms with Gasteiger partial charge in [0, 0.05) is 62.0 Å². The molecule has 1 aromatic carbocycles. The molecule has 0 spiro atoms. The largest absolute Gasteiger partial charge is 0.337 e. The van der Waals surface area contributed by atoms with Crippen LogP contribution in [0.1, 0.15) is 5.56 Å². The molecule has 4 rings (SSSR count). The van der Waals surface area contributed by atoms with E-state index in [1.165, 1.54) is 0 Å². The molecular weight excluding hydrogens is 340 g/mol. The lowest BCUT2D eigenvalue weighted by Gasteiger charge is -2.11. The van der Waals surface area contributed by atoms with Crippen molar-refractivity contribution in [3.8, 4) is 5.69 Å². The number of hydrogen-bond donors (Lipinski definition) is 1. The Morgan fingerprint density at radius 2 is 1.96 bits per heavy atom. The van der Waals surface area contributed by atoms with Crippen LogP contribution in [0.5, 0.6) is 0 Å². The summed E-state index contributed by atoms with van der Waals surface area (Å²) in [7, 11) is 3.68. The summed E-state index contributed by atoms with van der Waals surface area (Å²) in [4.78, 5) is 13.0. The van der Waals surface area contributed by atoms with Crippen LogP contribution in [0.2, 0.25) is 0 Å². The summed E-state index contributed by atoms with van der Waals surface area (Å²) in [5, 5.41) is 7.58. The molecule has 8 heteroatoms. The molecule has 3 heterocycles. The van der Waals surface area contributed by atoms with Gasteiger partial charge in [0.15, 0.2) is 11.3 Å². The van der Waals surface area contributed by atoms with E-state index < -0.39 is 0 Å². The van der Waals surface area contributed by atoms with Gasteiger partial charge < -0.3 is 14.5 Å². The van der Waals surface area contributed by atoms with Crippen molar-refractivity contribution in [3.63, 3.8) is 0 Å².